The van der Waals surface area contributed by atoms with E-state index in [4.69, 9.17) is 4.74 Å². The Balaban J connectivity index is 2.33. The van der Waals surface area contributed by atoms with Gasteiger partial charge in [0.15, 0.2) is 6.04 Å². The van der Waals surface area contributed by atoms with Gasteiger partial charge in [0.1, 0.15) is 6.04 Å². The zero-order valence-electron chi connectivity index (χ0n) is 15.6. The normalized spacial score (nSPS) is 13.2. The monoisotopic (exact) mass is 343 g/mol. The standard InChI is InChI=1S/C19H25N3O3/c1-11-8-7-9-12(2)16(11)17(19(24)25-6)20-18(23)15(5)22-14(4)10-13(3)21-22/h7-10,15,17H,1-6H3,(H,20,23)/t15-,17+/m1/s1. The van der Waals surface area contributed by atoms with Gasteiger partial charge in [-0.2, -0.15) is 5.10 Å². The van der Waals surface area contributed by atoms with Crippen LogP contribution in [-0.2, 0) is 14.3 Å². The molecule has 0 unspecified atom stereocenters. The van der Waals surface area contributed by atoms with Crippen molar-refractivity contribution in [3.05, 3.63) is 52.3 Å². The molecule has 0 fully saturated rings. The van der Waals surface area contributed by atoms with Crippen molar-refractivity contribution in [2.24, 2.45) is 0 Å². The second-order valence-electron chi connectivity index (χ2n) is 6.32. The molecule has 0 aliphatic carbocycles. The summed E-state index contributed by atoms with van der Waals surface area (Å²) >= 11 is 0. The molecule has 2 atom stereocenters. The SMILES string of the molecule is COC(=O)[C@@H](NC(=O)[C@@H](C)n1nc(C)cc1C)c1c(C)cccc1C. The largest absolute Gasteiger partial charge is 0.467 e. The molecule has 6 heteroatoms. The zero-order chi connectivity index (χ0) is 18.7. The first kappa shape index (κ1) is 18.7. The van der Waals surface area contributed by atoms with Crippen LogP contribution in [-0.4, -0.2) is 28.8 Å². The van der Waals surface area contributed by atoms with Gasteiger partial charge in [0, 0.05) is 5.69 Å². The van der Waals surface area contributed by atoms with Gasteiger partial charge in [-0.05, 0) is 57.4 Å². The highest BCUT2D eigenvalue weighted by atomic mass is 16.5. The van der Waals surface area contributed by atoms with Crippen molar-refractivity contribution in [3.8, 4) is 0 Å². The second kappa shape index (κ2) is 7.51. The first-order chi connectivity index (χ1) is 11.8. The molecule has 1 N–H and O–H groups in total. The van der Waals surface area contributed by atoms with Crippen LogP contribution in [0.4, 0.5) is 0 Å². The van der Waals surface area contributed by atoms with Crippen molar-refractivity contribution in [1.82, 2.24) is 15.1 Å². The Morgan fingerprint density at radius 1 is 1.16 bits per heavy atom. The zero-order valence-corrected chi connectivity index (χ0v) is 15.6. The maximum absolute atomic E-state index is 12.8. The highest BCUT2D eigenvalue weighted by molar-refractivity contribution is 5.87. The number of carbonyl (C=O) groups excluding carboxylic acids is 2. The Kier molecular flexibility index (Phi) is 5.62. The third-order valence-corrected chi connectivity index (χ3v) is 4.35. The van der Waals surface area contributed by atoms with Crippen LogP contribution in [0.3, 0.4) is 0 Å². The van der Waals surface area contributed by atoms with Crippen LogP contribution in [0.2, 0.25) is 0 Å². The van der Waals surface area contributed by atoms with E-state index in [0.717, 1.165) is 28.1 Å². The van der Waals surface area contributed by atoms with E-state index in [2.05, 4.69) is 10.4 Å². The van der Waals surface area contributed by atoms with Crippen LogP contribution < -0.4 is 5.32 Å². The van der Waals surface area contributed by atoms with Gasteiger partial charge in [-0.1, -0.05) is 18.2 Å². The lowest BCUT2D eigenvalue weighted by Crippen LogP contribution is -2.39. The molecular formula is C19H25N3O3. The quantitative estimate of drug-likeness (QED) is 0.847. The Morgan fingerprint density at radius 2 is 1.76 bits per heavy atom. The van der Waals surface area contributed by atoms with E-state index in [1.807, 2.05) is 52.0 Å². The molecule has 25 heavy (non-hydrogen) atoms. The molecule has 134 valence electrons. The minimum absolute atomic E-state index is 0.288. The van der Waals surface area contributed by atoms with Crippen molar-refractivity contribution in [2.45, 2.75) is 46.7 Å². The molecule has 6 nitrogen and oxygen atoms in total. The van der Waals surface area contributed by atoms with E-state index >= 15 is 0 Å². The lowest BCUT2D eigenvalue weighted by atomic mass is 9.96. The summed E-state index contributed by atoms with van der Waals surface area (Å²) in [6, 6.07) is 6.27. The fraction of sp³-hybridized carbons (Fsp3) is 0.421. The Morgan fingerprint density at radius 3 is 2.24 bits per heavy atom. The molecule has 0 saturated carbocycles. The lowest BCUT2D eigenvalue weighted by Gasteiger charge is -2.23. The van der Waals surface area contributed by atoms with E-state index in [0.29, 0.717) is 0 Å². The summed E-state index contributed by atoms with van der Waals surface area (Å²) in [5.41, 5.74) is 4.35. The van der Waals surface area contributed by atoms with Gasteiger partial charge < -0.3 is 10.1 Å². The molecule has 0 radical (unpaired) electrons. The van der Waals surface area contributed by atoms with Gasteiger partial charge >= 0.3 is 5.97 Å². The first-order valence-electron chi connectivity index (χ1n) is 8.23. The summed E-state index contributed by atoms with van der Waals surface area (Å²) in [6.07, 6.45) is 0. The highest BCUT2D eigenvalue weighted by Crippen LogP contribution is 2.24. The molecule has 0 saturated heterocycles. The minimum Gasteiger partial charge on any atom is -0.467 e. The Bertz CT molecular complexity index is 775. The number of carbonyl (C=O) groups is 2. The number of aryl methyl sites for hydroxylation is 4. The van der Waals surface area contributed by atoms with Gasteiger partial charge in [0.25, 0.3) is 0 Å². The number of ether oxygens (including phenoxy) is 1. The number of methoxy groups -OCH3 is 1. The molecule has 1 heterocycles. The summed E-state index contributed by atoms with van der Waals surface area (Å²) in [7, 11) is 1.32. The molecule has 2 rings (SSSR count). The summed E-state index contributed by atoms with van der Waals surface area (Å²) in [5.74, 6) is -0.782. The number of hydrogen-bond acceptors (Lipinski definition) is 4. The lowest BCUT2D eigenvalue weighted by molar-refractivity contribution is -0.145. The van der Waals surface area contributed by atoms with Gasteiger partial charge in [-0.3, -0.25) is 9.48 Å². The number of amides is 1. The van der Waals surface area contributed by atoms with Crippen LogP contribution in [0.1, 0.15) is 47.1 Å². The van der Waals surface area contributed by atoms with E-state index < -0.39 is 18.1 Å². The number of hydrogen-bond donors (Lipinski definition) is 1. The van der Waals surface area contributed by atoms with Crippen LogP contribution in [0.25, 0.3) is 0 Å². The molecule has 2 aromatic rings. The average molecular weight is 343 g/mol. The number of nitrogens with one attached hydrogen (secondary N) is 1. The molecule has 0 bridgehead atoms. The molecule has 1 aromatic heterocycles. The number of rotatable bonds is 5. The van der Waals surface area contributed by atoms with Gasteiger partial charge in [0.2, 0.25) is 5.91 Å². The van der Waals surface area contributed by atoms with Crippen molar-refractivity contribution >= 4 is 11.9 Å². The van der Waals surface area contributed by atoms with Crippen LogP contribution in [0.5, 0.6) is 0 Å². The Labute approximate surface area is 148 Å². The molecule has 0 aliphatic heterocycles. The summed E-state index contributed by atoms with van der Waals surface area (Å²) in [6.45, 7) is 9.35. The predicted molar refractivity (Wildman–Crippen MR) is 95.2 cm³/mol. The maximum atomic E-state index is 12.8. The van der Waals surface area contributed by atoms with Crippen molar-refractivity contribution < 1.29 is 14.3 Å². The molecule has 1 amide bonds. The predicted octanol–water partition coefficient (Wildman–Crippen LogP) is 2.71. The van der Waals surface area contributed by atoms with E-state index in [1.165, 1.54) is 7.11 Å². The van der Waals surface area contributed by atoms with Crippen LogP contribution in [0, 0.1) is 27.7 Å². The third-order valence-electron chi connectivity index (χ3n) is 4.35. The number of esters is 1. The summed E-state index contributed by atoms with van der Waals surface area (Å²) < 4.78 is 6.57. The summed E-state index contributed by atoms with van der Waals surface area (Å²) in [5, 5.41) is 7.18. The van der Waals surface area contributed by atoms with Crippen molar-refractivity contribution in [3.63, 3.8) is 0 Å². The first-order valence-corrected chi connectivity index (χ1v) is 8.23. The molecule has 0 aliphatic rings. The molecule has 1 aromatic carbocycles. The Hall–Kier alpha value is -2.63. The highest BCUT2D eigenvalue weighted by Gasteiger charge is 2.29. The minimum atomic E-state index is -0.849. The topological polar surface area (TPSA) is 73.2 Å². The van der Waals surface area contributed by atoms with Gasteiger partial charge in [-0.25, -0.2) is 4.79 Å². The van der Waals surface area contributed by atoms with E-state index in [1.54, 1.807) is 11.6 Å². The average Bonchev–Trinajstić information content (AvgIpc) is 2.90. The fourth-order valence-electron chi connectivity index (χ4n) is 3.06. The van der Waals surface area contributed by atoms with Crippen LogP contribution in [0.15, 0.2) is 24.3 Å². The van der Waals surface area contributed by atoms with E-state index in [-0.39, 0.29) is 5.91 Å². The third kappa shape index (κ3) is 3.90. The number of benzene rings is 1. The fourth-order valence-corrected chi connectivity index (χ4v) is 3.06. The summed E-state index contributed by atoms with van der Waals surface area (Å²) in [4.78, 5) is 25.1. The number of aromatic nitrogens is 2. The molecule has 0 spiro atoms. The van der Waals surface area contributed by atoms with Gasteiger partial charge in [-0.15, -0.1) is 0 Å². The van der Waals surface area contributed by atoms with Gasteiger partial charge in [0.05, 0.1) is 12.8 Å². The molecular weight excluding hydrogens is 318 g/mol. The van der Waals surface area contributed by atoms with Crippen molar-refractivity contribution in [1.29, 1.82) is 0 Å². The maximum Gasteiger partial charge on any atom is 0.333 e. The number of nitrogens with zero attached hydrogens (tertiary/aromatic N) is 2. The van der Waals surface area contributed by atoms with E-state index in [9.17, 15) is 9.59 Å². The van der Waals surface area contributed by atoms with Crippen molar-refractivity contribution in [2.75, 3.05) is 7.11 Å². The second-order valence-corrected chi connectivity index (χ2v) is 6.32. The van der Waals surface area contributed by atoms with Crippen LogP contribution >= 0.6 is 0 Å². The smallest absolute Gasteiger partial charge is 0.333 e.